The van der Waals surface area contributed by atoms with Crippen LogP contribution in [0.25, 0.3) is 0 Å². The maximum atomic E-state index is 12.0. The minimum Gasteiger partial charge on any atom is -0.478 e. The largest absolute Gasteiger partial charge is 0.478 e. The summed E-state index contributed by atoms with van der Waals surface area (Å²) in [6.45, 7) is 0.146. The molecule has 0 unspecified atom stereocenters. The van der Waals surface area contributed by atoms with Crippen molar-refractivity contribution in [1.82, 2.24) is 10.3 Å². The highest BCUT2D eigenvalue weighted by Gasteiger charge is 2.13. The zero-order valence-electron chi connectivity index (χ0n) is 13.2. The van der Waals surface area contributed by atoms with Crippen LogP contribution in [0.2, 0.25) is 0 Å². The van der Waals surface area contributed by atoms with Crippen LogP contribution >= 0.6 is 0 Å². The predicted molar refractivity (Wildman–Crippen MR) is 90.1 cm³/mol. The maximum Gasteiger partial charge on any atom is 0.336 e. The van der Waals surface area contributed by atoms with Crippen LogP contribution in [0.1, 0.15) is 40.0 Å². The Balaban J connectivity index is 1.61. The number of rotatable bonds is 4. The van der Waals surface area contributed by atoms with Crippen LogP contribution < -0.4 is 10.6 Å². The Labute approximate surface area is 139 Å². The first-order valence-electron chi connectivity index (χ1n) is 7.97. The maximum absolute atomic E-state index is 12.0. The number of carboxylic acid groups (broad SMARTS) is 1. The SMILES string of the molecule is O=C(NCc1ccccc1C(=O)O)Nc1cnc2c(c1)CCCC2. The fourth-order valence-corrected chi connectivity index (χ4v) is 2.89. The summed E-state index contributed by atoms with van der Waals surface area (Å²) < 4.78 is 0. The molecule has 2 aromatic rings. The number of carbonyl (C=O) groups is 2. The Kier molecular flexibility index (Phi) is 4.74. The van der Waals surface area contributed by atoms with Gasteiger partial charge in [0.05, 0.1) is 17.4 Å². The Morgan fingerprint density at radius 3 is 2.79 bits per heavy atom. The molecule has 0 aliphatic heterocycles. The van der Waals surface area contributed by atoms with Crippen LogP contribution in [-0.2, 0) is 19.4 Å². The van der Waals surface area contributed by atoms with Gasteiger partial charge in [0.1, 0.15) is 0 Å². The number of hydrogen-bond acceptors (Lipinski definition) is 3. The number of fused-ring (bicyclic) bond motifs is 1. The zero-order chi connectivity index (χ0) is 16.9. The van der Waals surface area contributed by atoms with Crippen LogP contribution in [0.3, 0.4) is 0 Å². The fourth-order valence-electron chi connectivity index (χ4n) is 2.89. The first kappa shape index (κ1) is 16.0. The van der Waals surface area contributed by atoms with Crippen LogP contribution in [0.15, 0.2) is 36.5 Å². The minimum atomic E-state index is -1.01. The van der Waals surface area contributed by atoms with E-state index in [0.717, 1.165) is 31.4 Å². The molecule has 0 fully saturated rings. The van der Waals surface area contributed by atoms with Gasteiger partial charge in [-0.15, -0.1) is 0 Å². The molecule has 1 aromatic carbocycles. The molecule has 0 saturated heterocycles. The number of anilines is 1. The number of aromatic nitrogens is 1. The highest BCUT2D eigenvalue weighted by Crippen LogP contribution is 2.21. The van der Waals surface area contributed by atoms with Crippen molar-refractivity contribution in [1.29, 1.82) is 0 Å². The molecule has 0 saturated carbocycles. The average molecular weight is 325 g/mol. The number of amides is 2. The number of aromatic carboxylic acids is 1. The molecule has 1 aliphatic rings. The molecule has 0 bridgehead atoms. The van der Waals surface area contributed by atoms with Gasteiger partial charge in [-0.3, -0.25) is 4.98 Å². The highest BCUT2D eigenvalue weighted by molar-refractivity contribution is 5.91. The first-order chi connectivity index (χ1) is 11.6. The monoisotopic (exact) mass is 325 g/mol. The number of nitrogens with one attached hydrogen (secondary N) is 2. The average Bonchev–Trinajstić information content (AvgIpc) is 2.60. The molecule has 6 heteroatoms. The van der Waals surface area contributed by atoms with Gasteiger partial charge in [-0.2, -0.15) is 0 Å². The lowest BCUT2D eigenvalue weighted by Gasteiger charge is -2.16. The van der Waals surface area contributed by atoms with Gasteiger partial charge in [0.15, 0.2) is 0 Å². The third kappa shape index (κ3) is 3.71. The van der Waals surface area contributed by atoms with Crippen molar-refractivity contribution in [2.75, 3.05) is 5.32 Å². The predicted octanol–water partition coefficient (Wildman–Crippen LogP) is 2.98. The number of aryl methyl sites for hydroxylation is 2. The summed E-state index contributed by atoms with van der Waals surface area (Å²) in [4.78, 5) is 27.6. The van der Waals surface area contributed by atoms with Crippen molar-refractivity contribution >= 4 is 17.7 Å². The summed E-state index contributed by atoms with van der Waals surface area (Å²) in [5.41, 5.74) is 3.70. The Bertz CT molecular complexity index is 774. The minimum absolute atomic E-state index is 0.146. The number of urea groups is 1. The van der Waals surface area contributed by atoms with E-state index in [0.29, 0.717) is 11.3 Å². The second-order valence-corrected chi connectivity index (χ2v) is 5.81. The third-order valence-electron chi connectivity index (χ3n) is 4.11. The molecule has 24 heavy (non-hydrogen) atoms. The van der Waals surface area contributed by atoms with Gasteiger partial charge < -0.3 is 15.7 Å². The number of benzene rings is 1. The molecule has 2 amide bonds. The number of nitrogens with zero attached hydrogens (tertiary/aromatic N) is 1. The molecular formula is C18H19N3O3. The lowest BCUT2D eigenvalue weighted by molar-refractivity contribution is 0.0695. The lowest BCUT2D eigenvalue weighted by Crippen LogP contribution is -2.29. The molecule has 0 spiro atoms. The molecule has 1 heterocycles. The smallest absolute Gasteiger partial charge is 0.336 e. The van der Waals surface area contributed by atoms with E-state index >= 15 is 0 Å². The Morgan fingerprint density at radius 2 is 1.96 bits per heavy atom. The molecule has 0 atom stereocenters. The second-order valence-electron chi connectivity index (χ2n) is 5.81. The summed E-state index contributed by atoms with van der Waals surface area (Å²) >= 11 is 0. The topological polar surface area (TPSA) is 91.3 Å². The van der Waals surface area contributed by atoms with E-state index in [-0.39, 0.29) is 18.1 Å². The molecule has 3 rings (SSSR count). The van der Waals surface area contributed by atoms with Gasteiger partial charge in [0, 0.05) is 12.2 Å². The Hall–Kier alpha value is -2.89. The summed E-state index contributed by atoms with van der Waals surface area (Å²) in [7, 11) is 0. The van der Waals surface area contributed by atoms with Gasteiger partial charge in [0.2, 0.25) is 0 Å². The van der Waals surface area contributed by atoms with E-state index in [1.165, 1.54) is 11.6 Å². The molecule has 3 N–H and O–H groups in total. The van der Waals surface area contributed by atoms with Gasteiger partial charge in [-0.05, 0) is 48.9 Å². The summed E-state index contributed by atoms with van der Waals surface area (Å²) in [5, 5.41) is 14.6. The van der Waals surface area contributed by atoms with Crippen molar-refractivity contribution in [3.05, 3.63) is 58.9 Å². The van der Waals surface area contributed by atoms with E-state index in [9.17, 15) is 9.59 Å². The quantitative estimate of drug-likeness (QED) is 0.806. The van der Waals surface area contributed by atoms with E-state index in [1.807, 2.05) is 6.07 Å². The van der Waals surface area contributed by atoms with Crippen molar-refractivity contribution in [2.45, 2.75) is 32.2 Å². The third-order valence-corrected chi connectivity index (χ3v) is 4.11. The first-order valence-corrected chi connectivity index (χ1v) is 7.97. The zero-order valence-corrected chi connectivity index (χ0v) is 13.2. The van der Waals surface area contributed by atoms with Crippen LogP contribution in [0, 0.1) is 0 Å². The van der Waals surface area contributed by atoms with Crippen molar-refractivity contribution in [3.63, 3.8) is 0 Å². The van der Waals surface area contributed by atoms with Gasteiger partial charge in [-0.1, -0.05) is 18.2 Å². The van der Waals surface area contributed by atoms with Crippen molar-refractivity contribution in [3.8, 4) is 0 Å². The summed E-state index contributed by atoms with van der Waals surface area (Å²) in [5.74, 6) is -1.01. The second kappa shape index (κ2) is 7.12. The van der Waals surface area contributed by atoms with Gasteiger partial charge in [0.25, 0.3) is 0 Å². The lowest BCUT2D eigenvalue weighted by atomic mass is 9.96. The fraction of sp³-hybridized carbons (Fsp3) is 0.278. The van der Waals surface area contributed by atoms with Crippen LogP contribution in [0.4, 0.5) is 10.5 Å². The Morgan fingerprint density at radius 1 is 1.17 bits per heavy atom. The number of carboxylic acids is 1. The number of pyridine rings is 1. The van der Waals surface area contributed by atoms with Gasteiger partial charge in [-0.25, -0.2) is 9.59 Å². The van der Waals surface area contributed by atoms with Gasteiger partial charge >= 0.3 is 12.0 Å². The normalized spacial score (nSPS) is 13.0. The van der Waals surface area contributed by atoms with E-state index in [1.54, 1.807) is 24.4 Å². The summed E-state index contributed by atoms with van der Waals surface area (Å²) in [6.07, 6.45) is 5.96. The molecule has 1 aliphatic carbocycles. The molecule has 0 radical (unpaired) electrons. The van der Waals surface area contributed by atoms with Crippen molar-refractivity contribution in [2.24, 2.45) is 0 Å². The molecule has 6 nitrogen and oxygen atoms in total. The summed E-state index contributed by atoms with van der Waals surface area (Å²) in [6, 6.07) is 8.19. The molecule has 124 valence electrons. The highest BCUT2D eigenvalue weighted by atomic mass is 16.4. The van der Waals surface area contributed by atoms with Crippen LogP contribution in [0.5, 0.6) is 0 Å². The standard InChI is InChI=1S/C18H19N3O3/c22-17(23)15-7-3-1-6-13(15)10-20-18(24)21-14-9-12-5-2-4-8-16(12)19-11-14/h1,3,6-7,9,11H,2,4-5,8,10H2,(H,22,23)(H2,20,21,24). The van der Waals surface area contributed by atoms with Crippen LogP contribution in [-0.4, -0.2) is 22.1 Å². The van der Waals surface area contributed by atoms with E-state index in [4.69, 9.17) is 5.11 Å². The molecular weight excluding hydrogens is 306 g/mol. The van der Waals surface area contributed by atoms with Crippen molar-refractivity contribution < 1.29 is 14.7 Å². The van der Waals surface area contributed by atoms with E-state index in [2.05, 4.69) is 15.6 Å². The van der Waals surface area contributed by atoms with E-state index < -0.39 is 5.97 Å². The number of carbonyl (C=O) groups excluding carboxylic acids is 1. The number of hydrogen-bond donors (Lipinski definition) is 3. The molecule has 1 aromatic heterocycles.